The van der Waals surface area contributed by atoms with Crippen molar-refractivity contribution in [3.8, 4) is 0 Å². The molecule has 0 heterocycles. The summed E-state index contributed by atoms with van der Waals surface area (Å²) in [6.07, 6.45) is 73.1. The van der Waals surface area contributed by atoms with Crippen molar-refractivity contribution in [1.82, 2.24) is 0 Å². The van der Waals surface area contributed by atoms with Gasteiger partial charge < -0.3 is 14.2 Å². The molecule has 0 saturated heterocycles. The van der Waals surface area contributed by atoms with Gasteiger partial charge in [-0.05, 0) is 109 Å². The zero-order chi connectivity index (χ0) is 50.0. The topological polar surface area (TPSA) is 78.9 Å². The molecule has 0 aromatic rings. The van der Waals surface area contributed by atoms with Gasteiger partial charge in [-0.15, -0.1) is 0 Å². The number of ether oxygens (including phenoxy) is 3. The van der Waals surface area contributed by atoms with Gasteiger partial charge in [0, 0.05) is 19.3 Å². The van der Waals surface area contributed by atoms with Gasteiger partial charge in [0.1, 0.15) is 13.2 Å². The predicted molar refractivity (Wildman–Crippen MR) is 298 cm³/mol. The van der Waals surface area contributed by atoms with Crippen LogP contribution in [0.3, 0.4) is 0 Å². The van der Waals surface area contributed by atoms with E-state index in [1.807, 2.05) is 0 Å². The highest BCUT2D eigenvalue weighted by Crippen LogP contribution is 2.15. The van der Waals surface area contributed by atoms with Crippen LogP contribution in [0.2, 0.25) is 0 Å². The summed E-state index contributed by atoms with van der Waals surface area (Å²) in [7, 11) is 0. The zero-order valence-corrected chi connectivity index (χ0v) is 45.6. The number of hydrogen-bond donors (Lipinski definition) is 0. The summed E-state index contributed by atoms with van der Waals surface area (Å²) in [4.78, 5) is 38.2. The highest BCUT2D eigenvalue weighted by Gasteiger charge is 2.19. The largest absolute Gasteiger partial charge is 0.462 e. The van der Waals surface area contributed by atoms with Gasteiger partial charge in [0.05, 0.1) is 0 Å². The molecule has 0 rings (SSSR count). The lowest BCUT2D eigenvalue weighted by Crippen LogP contribution is -2.30. The van der Waals surface area contributed by atoms with Crippen molar-refractivity contribution in [2.24, 2.45) is 0 Å². The Labute approximate surface area is 427 Å². The monoisotopic (exact) mass is 963 g/mol. The Morgan fingerprint density at radius 3 is 0.928 bits per heavy atom. The summed E-state index contributed by atoms with van der Waals surface area (Å²) in [5.74, 6) is -0.896. The smallest absolute Gasteiger partial charge is 0.306 e. The van der Waals surface area contributed by atoms with Crippen molar-refractivity contribution >= 4 is 17.9 Å². The van der Waals surface area contributed by atoms with Crippen LogP contribution in [0.5, 0.6) is 0 Å². The lowest BCUT2D eigenvalue weighted by Gasteiger charge is -2.18. The third-order valence-corrected chi connectivity index (χ3v) is 12.7. The first-order valence-corrected chi connectivity index (χ1v) is 29.4. The number of unbranched alkanes of at least 4 members (excludes halogenated alkanes) is 30. The Bertz CT molecular complexity index is 1290. The lowest BCUT2D eigenvalue weighted by molar-refractivity contribution is -0.167. The minimum atomic E-state index is -0.786. The van der Waals surface area contributed by atoms with Crippen molar-refractivity contribution < 1.29 is 28.6 Å². The first-order valence-electron chi connectivity index (χ1n) is 29.4. The van der Waals surface area contributed by atoms with Crippen LogP contribution in [0.25, 0.3) is 0 Å². The number of rotatable bonds is 53. The van der Waals surface area contributed by atoms with Crippen LogP contribution in [0.1, 0.15) is 290 Å². The Morgan fingerprint density at radius 1 is 0.304 bits per heavy atom. The lowest BCUT2D eigenvalue weighted by atomic mass is 10.1. The van der Waals surface area contributed by atoms with Crippen molar-refractivity contribution in [1.29, 1.82) is 0 Å². The summed E-state index contributed by atoms with van der Waals surface area (Å²) in [5, 5.41) is 0. The summed E-state index contributed by atoms with van der Waals surface area (Å²) >= 11 is 0. The number of carbonyl (C=O) groups is 3. The molecular weight excluding hydrogens is 853 g/mol. The Morgan fingerprint density at radius 2 is 0.565 bits per heavy atom. The fraction of sp³-hybridized carbons (Fsp3) is 0.762. The number of carbonyl (C=O) groups excluding carboxylic acids is 3. The molecule has 0 spiro atoms. The number of allylic oxidation sites excluding steroid dienone is 12. The van der Waals surface area contributed by atoms with E-state index in [2.05, 4.69) is 93.7 Å². The predicted octanol–water partition coefficient (Wildman–Crippen LogP) is 19.8. The Kier molecular flexibility index (Phi) is 54.8. The van der Waals surface area contributed by atoms with Gasteiger partial charge in [0.25, 0.3) is 0 Å². The van der Waals surface area contributed by atoms with Gasteiger partial charge >= 0.3 is 17.9 Å². The highest BCUT2D eigenvalue weighted by molar-refractivity contribution is 5.71. The minimum Gasteiger partial charge on any atom is -0.462 e. The van der Waals surface area contributed by atoms with Gasteiger partial charge in [0.15, 0.2) is 6.10 Å². The molecule has 0 radical (unpaired) electrons. The van der Waals surface area contributed by atoms with E-state index in [4.69, 9.17) is 14.2 Å². The molecule has 69 heavy (non-hydrogen) atoms. The molecule has 398 valence electrons. The molecule has 6 nitrogen and oxygen atoms in total. The van der Waals surface area contributed by atoms with E-state index >= 15 is 0 Å². The van der Waals surface area contributed by atoms with Crippen molar-refractivity contribution in [3.05, 3.63) is 72.9 Å². The molecule has 0 aliphatic carbocycles. The summed E-state index contributed by atoms with van der Waals surface area (Å²) < 4.78 is 16.9. The molecular formula is C63H110O6. The Hall–Kier alpha value is -3.15. The highest BCUT2D eigenvalue weighted by atomic mass is 16.6. The Balaban J connectivity index is 4.41. The number of hydrogen-bond acceptors (Lipinski definition) is 6. The van der Waals surface area contributed by atoms with Gasteiger partial charge in [-0.25, -0.2) is 0 Å². The fourth-order valence-electron chi connectivity index (χ4n) is 8.25. The fourth-order valence-corrected chi connectivity index (χ4v) is 8.25. The maximum absolute atomic E-state index is 12.9. The summed E-state index contributed by atoms with van der Waals surface area (Å²) in [6.45, 7) is 6.51. The van der Waals surface area contributed by atoms with Crippen LogP contribution >= 0.6 is 0 Å². The average molecular weight is 964 g/mol. The number of esters is 3. The van der Waals surface area contributed by atoms with Crippen LogP contribution < -0.4 is 0 Å². The molecule has 0 aromatic heterocycles. The van der Waals surface area contributed by atoms with Crippen LogP contribution in [0, 0.1) is 0 Å². The van der Waals surface area contributed by atoms with E-state index in [0.29, 0.717) is 19.3 Å². The van der Waals surface area contributed by atoms with Crippen molar-refractivity contribution in [2.45, 2.75) is 297 Å². The summed E-state index contributed by atoms with van der Waals surface area (Å²) in [6, 6.07) is 0. The van der Waals surface area contributed by atoms with E-state index in [-0.39, 0.29) is 31.1 Å². The quantitative estimate of drug-likeness (QED) is 0.0262. The molecule has 0 aliphatic heterocycles. The normalized spacial score (nSPS) is 12.6. The summed E-state index contributed by atoms with van der Waals surface area (Å²) in [5.41, 5.74) is 0. The van der Waals surface area contributed by atoms with Crippen LogP contribution in [0.4, 0.5) is 0 Å². The second kappa shape index (κ2) is 57.4. The van der Waals surface area contributed by atoms with Gasteiger partial charge in [-0.3, -0.25) is 14.4 Å². The van der Waals surface area contributed by atoms with Crippen molar-refractivity contribution in [3.63, 3.8) is 0 Å². The third-order valence-electron chi connectivity index (χ3n) is 12.7. The first-order chi connectivity index (χ1) is 34.0. The molecule has 0 N–H and O–H groups in total. The van der Waals surface area contributed by atoms with Gasteiger partial charge in [-0.1, -0.05) is 235 Å². The maximum atomic E-state index is 12.9. The standard InChI is InChI=1S/C63H110O6/c1-4-7-10-13-16-19-22-25-28-31-34-37-40-43-46-49-52-55-61(64)67-58-60(69-63(66)57-54-51-48-45-42-39-36-33-30-27-24-21-18-15-12-9-6-3)59-68-62(65)56-53-50-47-44-41-38-35-32-29-26-23-20-17-14-11-8-5-2/h7,10,16,18-19,21,25-30,60H,4-6,8-9,11-15,17,20,22-24,31-59H2,1-3H3/b10-7-,19-16-,21-18-,28-25-,29-26-,30-27-. The van der Waals surface area contributed by atoms with E-state index in [0.717, 1.165) is 96.3 Å². The molecule has 0 fully saturated rings. The average Bonchev–Trinajstić information content (AvgIpc) is 3.35. The third kappa shape index (κ3) is 55.6. The van der Waals surface area contributed by atoms with E-state index in [9.17, 15) is 14.4 Å². The second-order valence-electron chi connectivity index (χ2n) is 19.5. The maximum Gasteiger partial charge on any atom is 0.306 e. The molecule has 1 atom stereocenters. The van der Waals surface area contributed by atoms with E-state index < -0.39 is 6.10 Å². The van der Waals surface area contributed by atoms with Crippen molar-refractivity contribution in [2.75, 3.05) is 13.2 Å². The molecule has 0 amide bonds. The van der Waals surface area contributed by atoms with E-state index in [1.165, 1.54) is 154 Å². The molecule has 0 aromatic carbocycles. The first kappa shape index (κ1) is 65.8. The van der Waals surface area contributed by atoms with Crippen LogP contribution in [-0.2, 0) is 28.6 Å². The SMILES string of the molecule is CC/C=C\C/C=C\C/C=C\CCCCCCCCCC(=O)OCC(COC(=O)CCCCCCCCC/C=C\CCCCCCCC)OC(=O)CCCCCCCCC/C=C\C/C=C\CCCCC. The molecule has 0 aliphatic rings. The molecule has 1 unspecified atom stereocenters. The second-order valence-corrected chi connectivity index (χ2v) is 19.5. The minimum absolute atomic E-state index is 0.0834. The molecule has 6 heteroatoms. The molecule has 0 bridgehead atoms. The van der Waals surface area contributed by atoms with Crippen LogP contribution in [-0.4, -0.2) is 37.2 Å². The van der Waals surface area contributed by atoms with Crippen LogP contribution in [0.15, 0.2) is 72.9 Å². The molecule has 0 saturated carbocycles. The van der Waals surface area contributed by atoms with E-state index in [1.54, 1.807) is 0 Å². The van der Waals surface area contributed by atoms with Gasteiger partial charge in [-0.2, -0.15) is 0 Å². The zero-order valence-electron chi connectivity index (χ0n) is 45.6. The van der Waals surface area contributed by atoms with Gasteiger partial charge in [0.2, 0.25) is 0 Å².